The molecular formula is C15H22N6. The fourth-order valence-electron chi connectivity index (χ4n) is 2.99. The molecule has 2 aromatic rings. The Bertz CT molecular complexity index is 567. The van der Waals surface area contributed by atoms with E-state index in [1.54, 1.807) is 17.2 Å². The Kier molecular flexibility index (Phi) is 4.15. The van der Waals surface area contributed by atoms with Gasteiger partial charge in [-0.15, -0.1) is 0 Å². The number of aromatic nitrogens is 4. The summed E-state index contributed by atoms with van der Waals surface area (Å²) in [5.74, 6) is 1.46. The van der Waals surface area contributed by atoms with E-state index in [0.29, 0.717) is 12.0 Å². The molecule has 0 amide bonds. The van der Waals surface area contributed by atoms with Gasteiger partial charge in [-0.25, -0.2) is 14.6 Å². The van der Waals surface area contributed by atoms with Gasteiger partial charge >= 0.3 is 0 Å². The summed E-state index contributed by atoms with van der Waals surface area (Å²) in [7, 11) is 2.20. The first-order valence-corrected chi connectivity index (χ1v) is 7.49. The average molecular weight is 286 g/mol. The van der Waals surface area contributed by atoms with Gasteiger partial charge in [0, 0.05) is 18.8 Å². The molecule has 1 saturated heterocycles. The van der Waals surface area contributed by atoms with E-state index in [2.05, 4.69) is 39.3 Å². The van der Waals surface area contributed by atoms with Gasteiger partial charge in [-0.2, -0.15) is 5.10 Å². The second-order valence-corrected chi connectivity index (χ2v) is 5.81. The zero-order valence-corrected chi connectivity index (χ0v) is 12.6. The zero-order valence-electron chi connectivity index (χ0n) is 12.6. The van der Waals surface area contributed by atoms with Crippen molar-refractivity contribution in [2.75, 3.05) is 25.5 Å². The fourth-order valence-corrected chi connectivity index (χ4v) is 2.99. The largest absolute Gasteiger partial charge is 0.379 e. The van der Waals surface area contributed by atoms with Crippen LogP contribution >= 0.6 is 0 Å². The maximum absolute atomic E-state index is 4.42. The first kappa shape index (κ1) is 14.0. The van der Waals surface area contributed by atoms with Crippen molar-refractivity contribution in [3.8, 4) is 5.82 Å². The molecule has 3 heterocycles. The molecule has 6 nitrogen and oxygen atoms in total. The van der Waals surface area contributed by atoms with Crippen LogP contribution in [0.1, 0.15) is 19.8 Å². The lowest BCUT2D eigenvalue weighted by atomic mass is 9.92. The molecule has 0 radical (unpaired) electrons. The molecule has 1 N–H and O–H groups in total. The lowest BCUT2D eigenvalue weighted by molar-refractivity contribution is 0.197. The molecule has 112 valence electrons. The van der Waals surface area contributed by atoms with Crippen molar-refractivity contribution >= 4 is 5.69 Å². The van der Waals surface area contributed by atoms with Crippen molar-refractivity contribution in [3.05, 3.63) is 31.0 Å². The topological polar surface area (TPSA) is 58.9 Å². The van der Waals surface area contributed by atoms with Crippen LogP contribution in [0.3, 0.4) is 0 Å². The van der Waals surface area contributed by atoms with Gasteiger partial charge < -0.3 is 10.2 Å². The minimum Gasteiger partial charge on any atom is -0.379 e. The Morgan fingerprint density at radius 1 is 1.43 bits per heavy atom. The van der Waals surface area contributed by atoms with Crippen LogP contribution in [0.2, 0.25) is 0 Å². The van der Waals surface area contributed by atoms with Crippen LogP contribution in [0.4, 0.5) is 5.69 Å². The molecule has 2 unspecified atom stereocenters. The number of anilines is 1. The minimum absolute atomic E-state index is 0.402. The van der Waals surface area contributed by atoms with E-state index in [0.717, 1.165) is 18.1 Å². The van der Waals surface area contributed by atoms with Gasteiger partial charge in [-0.1, -0.05) is 0 Å². The Labute approximate surface area is 125 Å². The van der Waals surface area contributed by atoms with Crippen LogP contribution in [0.15, 0.2) is 31.0 Å². The third-order valence-corrected chi connectivity index (χ3v) is 4.17. The molecule has 0 bridgehead atoms. The SMILES string of the molecule is CC(Nc1cccnc1-n1cncn1)C1CCCN(C)C1. The Morgan fingerprint density at radius 2 is 2.33 bits per heavy atom. The van der Waals surface area contributed by atoms with Crippen molar-refractivity contribution in [2.45, 2.75) is 25.8 Å². The molecule has 1 aliphatic rings. The van der Waals surface area contributed by atoms with Crippen LogP contribution in [0.25, 0.3) is 5.82 Å². The van der Waals surface area contributed by atoms with E-state index in [9.17, 15) is 0 Å². The van der Waals surface area contributed by atoms with Gasteiger partial charge in [0.25, 0.3) is 0 Å². The first-order chi connectivity index (χ1) is 10.2. The number of nitrogens with zero attached hydrogens (tertiary/aromatic N) is 5. The molecule has 0 aliphatic carbocycles. The first-order valence-electron chi connectivity index (χ1n) is 7.49. The van der Waals surface area contributed by atoms with Gasteiger partial charge in [0.15, 0.2) is 5.82 Å². The number of hydrogen-bond donors (Lipinski definition) is 1. The Morgan fingerprint density at radius 3 is 3.10 bits per heavy atom. The van der Waals surface area contributed by atoms with Gasteiger partial charge in [-0.05, 0) is 51.4 Å². The fraction of sp³-hybridized carbons (Fsp3) is 0.533. The van der Waals surface area contributed by atoms with Crippen LogP contribution in [0.5, 0.6) is 0 Å². The van der Waals surface area contributed by atoms with E-state index in [4.69, 9.17) is 0 Å². The second kappa shape index (κ2) is 6.22. The highest BCUT2D eigenvalue weighted by Crippen LogP contribution is 2.23. The summed E-state index contributed by atoms with van der Waals surface area (Å²) >= 11 is 0. The van der Waals surface area contributed by atoms with Gasteiger partial charge in [0.2, 0.25) is 0 Å². The Balaban J connectivity index is 1.75. The van der Waals surface area contributed by atoms with Crippen molar-refractivity contribution in [1.29, 1.82) is 0 Å². The van der Waals surface area contributed by atoms with Crippen LogP contribution in [0, 0.1) is 5.92 Å². The standard InChI is InChI=1S/C15H22N6/c1-12(13-5-4-8-20(2)9-13)19-14-6-3-7-17-15(14)21-11-16-10-18-21/h3,6-7,10-13,19H,4-5,8-9H2,1-2H3. The molecule has 2 atom stereocenters. The van der Waals surface area contributed by atoms with E-state index in [1.165, 1.54) is 25.7 Å². The highest BCUT2D eigenvalue weighted by atomic mass is 15.3. The van der Waals surface area contributed by atoms with Gasteiger partial charge in [0.05, 0.1) is 5.69 Å². The number of nitrogens with one attached hydrogen (secondary N) is 1. The van der Waals surface area contributed by atoms with Crippen molar-refractivity contribution in [1.82, 2.24) is 24.6 Å². The highest BCUT2D eigenvalue weighted by Gasteiger charge is 2.23. The molecule has 3 rings (SSSR count). The lowest BCUT2D eigenvalue weighted by Crippen LogP contribution is -2.40. The number of pyridine rings is 1. The normalized spacial score (nSPS) is 21.1. The third kappa shape index (κ3) is 3.21. The molecular weight excluding hydrogens is 264 g/mol. The molecule has 6 heteroatoms. The maximum atomic E-state index is 4.42. The predicted molar refractivity (Wildman–Crippen MR) is 82.5 cm³/mol. The van der Waals surface area contributed by atoms with Crippen molar-refractivity contribution in [2.24, 2.45) is 5.92 Å². The molecule has 1 aliphatic heterocycles. The number of rotatable bonds is 4. The van der Waals surface area contributed by atoms with Gasteiger partial charge in [-0.3, -0.25) is 0 Å². The van der Waals surface area contributed by atoms with E-state index in [-0.39, 0.29) is 0 Å². The van der Waals surface area contributed by atoms with Crippen molar-refractivity contribution in [3.63, 3.8) is 0 Å². The van der Waals surface area contributed by atoms with Crippen LogP contribution in [-0.4, -0.2) is 50.8 Å². The van der Waals surface area contributed by atoms with E-state index < -0.39 is 0 Å². The molecule has 0 aromatic carbocycles. The second-order valence-electron chi connectivity index (χ2n) is 5.81. The molecule has 2 aromatic heterocycles. The molecule has 21 heavy (non-hydrogen) atoms. The average Bonchev–Trinajstić information content (AvgIpc) is 3.02. The smallest absolute Gasteiger partial charge is 0.178 e. The summed E-state index contributed by atoms with van der Waals surface area (Å²) in [6, 6.07) is 4.40. The van der Waals surface area contributed by atoms with E-state index in [1.807, 2.05) is 12.1 Å². The number of hydrogen-bond acceptors (Lipinski definition) is 5. The summed E-state index contributed by atoms with van der Waals surface area (Å²) in [6.07, 6.45) is 7.53. The van der Waals surface area contributed by atoms with E-state index >= 15 is 0 Å². The maximum Gasteiger partial charge on any atom is 0.178 e. The zero-order chi connectivity index (χ0) is 14.7. The summed E-state index contributed by atoms with van der Waals surface area (Å²) in [6.45, 7) is 4.61. The third-order valence-electron chi connectivity index (χ3n) is 4.17. The summed E-state index contributed by atoms with van der Waals surface area (Å²) in [4.78, 5) is 10.8. The highest BCUT2D eigenvalue weighted by molar-refractivity contribution is 5.56. The summed E-state index contributed by atoms with van der Waals surface area (Å²) < 4.78 is 1.70. The minimum atomic E-state index is 0.402. The monoisotopic (exact) mass is 286 g/mol. The van der Waals surface area contributed by atoms with Gasteiger partial charge in [0.1, 0.15) is 12.7 Å². The van der Waals surface area contributed by atoms with Crippen LogP contribution in [-0.2, 0) is 0 Å². The van der Waals surface area contributed by atoms with Crippen LogP contribution < -0.4 is 5.32 Å². The number of likely N-dealkylation sites (tertiary alicyclic amines) is 1. The summed E-state index contributed by atoms with van der Waals surface area (Å²) in [5.41, 5.74) is 1.00. The number of piperidine rings is 1. The molecule has 0 saturated carbocycles. The molecule has 1 fully saturated rings. The lowest BCUT2D eigenvalue weighted by Gasteiger charge is -2.34. The van der Waals surface area contributed by atoms with Crippen molar-refractivity contribution < 1.29 is 0 Å². The quantitative estimate of drug-likeness (QED) is 0.929. The Hall–Kier alpha value is -1.95. The predicted octanol–water partition coefficient (Wildman–Crippen LogP) is 1.80. The molecule has 0 spiro atoms. The summed E-state index contributed by atoms with van der Waals surface area (Å²) in [5, 5.41) is 7.79.